The summed E-state index contributed by atoms with van der Waals surface area (Å²) in [6.07, 6.45) is -0.777. The highest BCUT2D eigenvalue weighted by atomic mass is 79.9. The summed E-state index contributed by atoms with van der Waals surface area (Å²) in [6.45, 7) is 0. The van der Waals surface area contributed by atoms with Crippen LogP contribution in [-0.4, -0.2) is 5.11 Å². The van der Waals surface area contributed by atoms with Gasteiger partial charge in [-0.2, -0.15) is 0 Å². The molecule has 0 saturated carbocycles. The van der Waals surface area contributed by atoms with E-state index >= 15 is 0 Å². The van der Waals surface area contributed by atoms with Gasteiger partial charge in [0.1, 0.15) is 5.82 Å². The van der Waals surface area contributed by atoms with E-state index in [4.69, 9.17) is 23.2 Å². The molecule has 2 rings (SSSR count). The molecule has 0 spiro atoms. The van der Waals surface area contributed by atoms with Crippen molar-refractivity contribution < 1.29 is 9.50 Å². The standard InChI is InChI=1S/C14H10BrCl2FO/c15-10-5-2-4-9(13(10)17)12(19)7-8-3-1-6-11(16)14(8)18/h1-6,12,19H,7H2. The number of rotatable bonds is 3. The van der Waals surface area contributed by atoms with Gasteiger partial charge in [0.25, 0.3) is 0 Å². The molecule has 2 aromatic carbocycles. The molecule has 0 radical (unpaired) electrons. The van der Waals surface area contributed by atoms with Crippen molar-refractivity contribution in [1.82, 2.24) is 0 Å². The predicted octanol–water partition coefficient (Wildman–Crippen LogP) is 5.17. The Labute approximate surface area is 129 Å². The number of benzene rings is 2. The predicted molar refractivity (Wildman–Crippen MR) is 79.2 cm³/mol. The van der Waals surface area contributed by atoms with Gasteiger partial charge in [0, 0.05) is 16.5 Å². The van der Waals surface area contributed by atoms with Crippen LogP contribution >= 0.6 is 39.1 Å². The molecule has 0 bridgehead atoms. The number of hydrogen-bond donors (Lipinski definition) is 1. The highest BCUT2D eigenvalue weighted by Gasteiger charge is 2.16. The largest absolute Gasteiger partial charge is 0.388 e. The van der Waals surface area contributed by atoms with E-state index in [1.54, 1.807) is 30.3 Å². The van der Waals surface area contributed by atoms with Crippen molar-refractivity contribution in [1.29, 1.82) is 0 Å². The van der Waals surface area contributed by atoms with Crippen LogP contribution in [0.1, 0.15) is 17.2 Å². The van der Waals surface area contributed by atoms with E-state index in [9.17, 15) is 9.50 Å². The zero-order valence-electron chi connectivity index (χ0n) is 9.71. The SMILES string of the molecule is OC(Cc1cccc(Cl)c1F)c1cccc(Br)c1Cl. The van der Waals surface area contributed by atoms with Crippen molar-refractivity contribution in [2.45, 2.75) is 12.5 Å². The Balaban J connectivity index is 2.28. The fraction of sp³-hybridized carbons (Fsp3) is 0.143. The zero-order valence-corrected chi connectivity index (χ0v) is 12.8. The lowest BCUT2D eigenvalue weighted by Crippen LogP contribution is -2.04. The minimum absolute atomic E-state index is 0.0463. The fourth-order valence-corrected chi connectivity index (χ4v) is 2.63. The van der Waals surface area contributed by atoms with Crippen molar-refractivity contribution in [2.24, 2.45) is 0 Å². The molecule has 1 nitrogen and oxygen atoms in total. The average molecular weight is 364 g/mol. The first-order valence-electron chi connectivity index (χ1n) is 5.55. The Morgan fingerprint density at radius 1 is 1.16 bits per heavy atom. The summed E-state index contributed by atoms with van der Waals surface area (Å²) < 4.78 is 14.5. The molecule has 19 heavy (non-hydrogen) atoms. The third-order valence-electron chi connectivity index (χ3n) is 2.79. The molecule has 2 aromatic rings. The van der Waals surface area contributed by atoms with Gasteiger partial charge in [0.15, 0.2) is 0 Å². The second kappa shape index (κ2) is 6.23. The summed E-state index contributed by atoms with van der Waals surface area (Å²) in [7, 11) is 0. The minimum Gasteiger partial charge on any atom is -0.388 e. The molecule has 0 fully saturated rings. The van der Waals surface area contributed by atoms with E-state index in [0.29, 0.717) is 20.6 Å². The number of aliphatic hydroxyl groups excluding tert-OH is 1. The Bertz CT molecular complexity index is 604. The first-order chi connectivity index (χ1) is 9.00. The Kier molecular flexibility index (Phi) is 4.85. The van der Waals surface area contributed by atoms with Crippen LogP contribution in [0, 0.1) is 5.82 Å². The molecule has 1 unspecified atom stereocenters. The smallest absolute Gasteiger partial charge is 0.145 e. The molecule has 0 aliphatic carbocycles. The average Bonchev–Trinajstić information content (AvgIpc) is 2.38. The molecule has 1 N–H and O–H groups in total. The molecule has 0 aromatic heterocycles. The lowest BCUT2D eigenvalue weighted by atomic mass is 10.0. The van der Waals surface area contributed by atoms with Crippen LogP contribution in [0.25, 0.3) is 0 Å². The van der Waals surface area contributed by atoms with Crippen molar-refractivity contribution in [3.8, 4) is 0 Å². The van der Waals surface area contributed by atoms with Gasteiger partial charge in [-0.25, -0.2) is 4.39 Å². The number of aliphatic hydroxyl groups is 1. The van der Waals surface area contributed by atoms with Gasteiger partial charge < -0.3 is 5.11 Å². The van der Waals surface area contributed by atoms with Crippen LogP contribution in [0.15, 0.2) is 40.9 Å². The molecule has 0 amide bonds. The van der Waals surface area contributed by atoms with Gasteiger partial charge in [-0.05, 0) is 33.6 Å². The van der Waals surface area contributed by atoms with Crippen molar-refractivity contribution in [3.05, 3.63) is 67.9 Å². The van der Waals surface area contributed by atoms with E-state index in [0.717, 1.165) is 0 Å². The van der Waals surface area contributed by atoms with Gasteiger partial charge in [0.05, 0.1) is 16.1 Å². The first kappa shape index (κ1) is 14.8. The number of halogens is 4. The quantitative estimate of drug-likeness (QED) is 0.797. The summed E-state index contributed by atoms with van der Waals surface area (Å²) in [5.74, 6) is -0.505. The maximum Gasteiger partial charge on any atom is 0.145 e. The van der Waals surface area contributed by atoms with E-state index < -0.39 is 11.9 Å². The molecule has 100 valence electrons. The molecular weight excluding hydrogens is 354 g/mol. The maximum absolute atomic E-state index is 13.8. The van der Waals surface area contributed by atoms with Gasteiger partial charge in [-0.15, -0.1) is 0 Å². The topological polar surface area (TPSA) is 20.2 Å². The highest BCUT2D eigenvalue weighted by molar-refractivity contribution is 9.10. The van der Waals surface area contributed by atoms with E-state index in [-0.39, 0.29) is 11.4 Å². The summed E-state index contributed by atoms with van der Waals surface area (Å²) in [6, 6.07) is 9.97. The summed E-state index contributed by atoms with van der Waals surface area (Å²) in [5, 5.41) is 10.7. The van der Waals surface area contributed by atoms with Gasteiger partial charge in [-0.3, -0.25) is 0 Å². The summed E-state index contributed by atoms with van der Waals surface area (Å²) in [5.41, 5.74) is 0.909. The van der Waals surface area contributed by atoms with Crippen molar-refractivity contribution in [2.75, 3.05) is 0 Å². The van der Waals surface area contributed by atoms with E-state index in [1.165, 1.54) is 6.07 Å². The number of hydrogen-bond acceptors (Lipinski definition) is 1. The third-order valence-corrected chi connectivity index (χ3v) is 4.39. The van der Waals surface area contributed by atoms with Crippen LogP contribution in [0.5, 0.6) is 0 Å². The first-order valence-corrected chi connectivity index (χ1v) is 7.10. The Morgan fingerprint density at radius 2 is 1.84 bits per heavy atom. The summed E-state index contributed by atoms with van der Waals surface area (Å²) >= 11 is 15.1. The molecule has 1 atom stereocenters. The Hall–Kier alpha value is -0.610. The van der Waals surface area contributed by atoms with Crippen molar-refractivity contribution in [3.63, 3.8) is 0 Å². The molecule has 5 heteroatoms. The fourth-order valence-electron chi connectivity index (χ4n) is 1.80. The highest BCUT2D eigenvalue weighted by Crippen LogP contribution is 2.32. The molecule has 0 aliphatic heterocycles. The van der Waals surface area contributed by atoms with E-state index in [2.05, 4.69) is 15.9 Å². The van der Waals surface area contributed by atoms with Crippen LogP contribution in [0.3, 0.4) is 0 Å². The van der Waals surface area contributed by atoms with Crippen LogP contribution < -0.4 is 0 Å². The summed E-state index contributed by atoms with van der Waals surface area (Å²) in [4.78, 5) is 0. The lowest BCUT2D eigenvalue weighted by molar-refractivity contribution is 0.177. The monoisotopic (exact) mass is 362 g/mol. The van der Waals surface area contributed by atoms with Crippen LogP contribution in [0.4, 0.5) is 4.39 Å². The molecule has 0 aliphatic rings. The minimum atomic E-state index is -0.891. The van der Waals surface area contributed by atoms with Gasteiger partial charge in [0.2, 0.25) is 0 Å². The second-order valence-corrected chi connectivity index (χ2v) is 5.72. The van der Waals surface area contributed by atoms with Crippen molar-refractivity contribution >= 4 is 39.1 Å². The second-order valence-electron chi connectivity index (χ2n) is 4.08. The van der Waals surface area contributed by atoms with Gasteiger partial charge >= 0.3 is 0 Å². The van der Waals surface area contributed by atoms with Crippen LogP contribution in [-0.2, 0) is 6.42 Å². The molecule has 0 saturated heterocycles. The van der Waals surface area contributed by atoms with Gasteiger partial charge in [-0.1, -0.05) is 47.5 Å². The lowest BCUT2D eigenvalue weighted by Gasteiger charge is -2.14. The molecule has 0 heterocycles. The molecular formula is C14H10BrCl2FO. The van der Waals surface area contributed by atoms with Crippen LogP contribution in [0.2, 0.25) is 10.0 Å². The zero-order chi connectivity index (χ0) is 14.0. The normalized spacial score (nSPS) is 12.5. The third kappa shape index (κ3) is 3.29. The van der Waals surface area contributed by atoms with E-state index in [1.807, 2.05) is 0 Å². The Morgan fingerprint density at radius 3 is 2.58 bits per heavy atom. The maximum atomic E-state index is 13.8.